The summed E-state index contributed by atoms with van der Waals surface area (Å²) < 4.78 is 0. The Balaban J connectivity index is 1.89. The lowest BCUT2D eigenvalue weighted by molar-refractivity contribution is 0.378. The second kappa shape index (κ2) is 2.46. The van der Waals surface area contributed by atoms with Crippen LogP contribution in [0.4, 0.5) is 0 Å². The second-order valence-electron chi connectivity index (χ2n) is 2.41. The molecular formula is C6H14N2. The van der Waals surface area contributed by atoms with Crippen molar-refractivity contribution in [1.82, 2.24) is 10.4 Å². The molecule has 1 N–H and O–H groups in total. The molecule has 1 unspecified atom stereocenters. The van der Waals surface area contributed by atoms with Crippen molar-refractivity contribution < 1.29 is 0 Å². The third kappa shape index (κ3) is 1.46. The molecule has 0 bridgehead atoms. The van der Waals surface area contributed by atoms with Crippen LogP contribution >= 0.6 is 0 Å². The van der Waals surface area contributed by atoms with Crippen LogP contribution in [-0.4, -0.2) is 24.1 Å². The summed E-state index contributed by atoms with van der Waals surface area (Å²) >= 11 is 0. The van der Waals surface area contributed by atoms with Gasteiger partial charge in [0.1, 0.15) is 0 Å². The fourth-order valence-electron chi connectivity index (χ4n) is 0.713. The molecule has 0 aromatic rings. The Morgan fingerprint density at radius 2 is 2.38 bits per heavy atom. The Morgan fingerprint density at radius 1 is 1.75 bits per heavy atom. The largest absolute Gasteiger partial charge is 0.255 e. The van der Waals surface area contributed by atoms with E-state index in [0.29, 0.717) is 0 Å². The molecule has 1 aliphatic heterocycles. The van der Waals surface area contributed by atoms with Gasteiger partial charge in [-0.2, -0.15) is 0 Å². The number of hydrazine groups is 1. The van der Waals surface area contributed by atoms with Crippen LogP contribution in [0.5, 0.6) is 0 Å². The van der Waals surface area contributed by atoms with Crippen molar-refractivity contribution in [3.05, 3.63) is 0 Å². The molecule has 2 heteroatoms. The summed E-state index contributed by atoms with van der Waals surface area (Å²) in [5, 5.41) is 2.25. The monoisotopic (exact) mass is 114 g/mol. The Bertz CT molecular complexity index is 72.9. The van der Waals surface area contributed by atoms with Crippen molar-refractivity contribution in [2.45, 2.75) is 26.3 Å². The van der Waals surface area contributed by atoms with Crippen molar-refractivity contribution in [3.8, 4) is 0 Å². The predicted molar refractivity (Wildman–Crippen MR) is 34.5 cm³/mol. The van der Waals surface area contributed by atoms with E-state index in [-0.39, 0.29) is 0 Å². The molecule has 0 aliphatic carbocycles. The fourth-order valence-corrected chi connectivity index (χ4v) is 0.713. The molecule has 48 valence electrons. The van der Waals surface area contributed by atoms with Crippen LogP contribution in [0, 0.1) is 0 Å². The molecule has 0 aromatic heterocycles. The third-order valence-corrected chi connectivity index (χ3v) is 1.42. The third-order valence-electron chi connectivity index (χ3n) is 1.42. The maximum absolute atomic E-state index is 3.29. The maximum Gasteiger partial charge on any atom is 0.0357 e. The van der Waals surface area contributed by atoms with Gasteiger partial charge < -0.3 is 0 Å². The van der Waals surface area contributed by atoms with Gasteiger partial charge in [0.05, 0.1) is 0 Å². The summed E-state index contributed by atoms with van der Waals surface area (Å²) in [6.07, 6.45) is 1.23. The van der Waals surface area contributed by atoms with Crippen LogP contribution in [0.15, 0.2) is 0 Å². The molecule has 1 rings (SSSR count). The van der Waals surface area contributed by atoms with E-state index in [2.05, 4.69) is 24.3 Å². The van der Waals surface area contributed by atoms with Gasteiger partial charge in [-0.05, 0) is 13.3 Å². The van der Waals surface area contributed by atoms with Gasteiger partial charge in [-0.3, -0.25) is 5.43 Å². The van der Waals surface area contributed by atoms with Gasteiger partial charge >= 0.3 is 0 Å². The van der Waals surface area contributed by atoms with E-state index in [1.54, 1.807) is 0 Å². The highest BCUT2D eigenvalue weighted by molar-refractivity contribution is 4.80. The van der Waals surface area contributed by atoms with Gasteiger partial charge in [0.2, 0.25) is 0 Å². The minimum atomic E-state index is 0.793. The normalized spacial score (nSPS) is 35.2. The van der Waals surface area contributed by atoms with E-state index in [1.807, 2.05) is 0 Å². The van der Waals surface area contributed by atoms with Crippen LogP contribution in [0.1, 0.15) is 20.3 Å². The molecule has 0 amide bonds. The van der Waals surface area contributed by atoms with Gasteiger partial charge in [0.25, 0.3) is 0 Å². The highest BCUT2D eigenvalue weighted by Gasteiger charge is 2.27. The highest BCUT2D eigenvalue weighted by atomic mass is 15.6. The van der Waals surface area contributed by atoms with Crippen molar-refractivity contribution >= 4 is 0 Å². The van der Waals surface area contributed by atoms with E-state index in [9.17, 15) is 0 Å². The van der Waals surface area contributed by atoms with E-state index in [1.165, 1.54) is 13.0 Å². The van der Waals surface area contributed by atoms with E-state index in [4.69, 9.17) is 0 Å². The molecule has 1 fully saturated rings. The van der Waals surface area contributed by atoms with Gasteiger partial charge in [0.15, 0.2) is 0 Å². The first-order chi connectivity index (χ1) is 3.84. The lowest BCUT2D eigenvalue weighted by Gasteiger charge is -2.00. The second-order valence-corrected chi connectivity index (χ2v) is 2.41. The Hall–Kier alpha value is -0.0800. The highest BCUT2D eigenvalue weighted by Crippen LogP contribution is 2.10. The van der Waals surface area contributed by atoms with Gasteiger partial charge in [0, 0.05) is 19.1 Å². The van der Waals surface area contributed by atoms with Crippen LogP contribution in [0.25, 0.3) is 0 Å². The number of hydrogen-bond acceptors (Lipinski definition) is 2. The van der Waals surface area contributed by atoms with Gasteiger partial charge in [-0.25, -0.2) is 5.01 Å². The molecule has 8 heavy (non-hydrogen) atoms. The van der Waals surface area contributed by atoms with Crippen molar-refractivity contribution in [3.63, 3.8) is 0 Å². The number of nitrogens with zero attached hydrogens (tertiary/aromatic N) is 1. The molecule has 0 aromatic carbocycles. The van der Waals surface area contributed by atoms with Crippen LogP contribution < -0.4 is 5.43 Å². The van der Waals surface area contributed by atoms with Gasteiger partial charge in [-0.15, -0.1) is 0 Å². The molecule has 1 aliphatic rings. The first kappa shape index (κ1) is 6.05. The summed E-state index contributed by atoms with van der Waals surface area (Å²) in [5.74, 6) is 0. The summed E-state index contributed by atoms with van der Waals surface area (Å²) in [5.41, 5.74) is 3.29. The van der Waals surface area contributed by atoms with Crippen molar-refractivity contribution in [1.29, 1.82) is 0 Å². The van der Waals surface area contributed by atoms with E-state index in [0.717, 1.165) is 12.6 Å². The van der Waals surface area contributed by atoms with E-state index >= 15 is 0 Å². The zero-order valence-electron chi connectivity index (χ0n) is 5.65. The predicted octanol–water partition coefficient (Wildman–Crippen LogP) is 0.605. The number of rotatable bonds is 3. The van der Waals surface area contributed by atoms with E-state index < -0.39 is 0 Å². The Morgan fingerprint density at radius 3 is 2.75 bits per heavy atom. The molecule has 2 nitrogen and oxygen atoms in total. The average Bonchev–Trinajstić information content (AvgIpc) is 2.42. The fraction of sp³-hybridized carbons (Fsp3) is 1.00. The maximum atomic E-state index is 3.29. The number of nitrogens with one attached hydrogen (secondary N) is 1. The molecule has 0 radical (unpaired) electrons. The molecule has 2 atom stereocenters. The van der Waals surface area contributed by atoms with Crippen LogP contribution in [-0.2, 0) is 0 Å². The molecule has 1 saturated heterocycles. The first-order valence-corrected chi connectivity index (χ1v) is 3.34. The molecule has 1 heterocycles. The first-order valence-electron chi connectivity index (χ1n) is 3.34. The summed E-state index contributed by atoms with van der Waals surface area (Å²) in [7, 11) is 0. The topological polar surface area (TPSA) is 15.0 Å². The minimum Gasteiger partial charge on any atom is -0.255 e. The molecule has 0 spiro atoms. The standard InChI is InChI=1S/C6H14N2/c1-3-4-7-8-5-6(8)2/h6-7H,3-5H2,1-2H3/t6-,8?/m1/s1. The summed E-state index contributed by atoms with van der Waals surface area (Å²) in [4.78, 5) is 0. The lowest BCUT2D eigenvalue weighted by Crippen LogP contribution is -2.22. The number of hydrogen-bond donors (Lipinski definition) is 1. The lowest BCUT2D eigenvalue weighted by atomic mass is 10.5. The zero-order chi connectivity index (χ0) is 5.98. The van der Waals surface area contributed by atoms with Crippen molar-refractivity contribution in [2.75, 3.05) is 13.1 Å². The smallest absolute Gasteiger partial charge is 0.0357 e. The van der Waals surface area contributed by atoms with Crippen LogP contribution in [0.2, 0.25) is 0 Å². The molecule has 0 saturated carbocycles. The van der Waals surface area contributed by atoms with Crippen molar-refractivity contribution in [2.24, 2.45) is 0 Å². The summed E-state index contributed by atoms with van der Waals surface area (Å²) in [6, 6.07) is 0.793. The SMILES string of the molecule is CCCNN1C[C@H]1C. The van der Waals surface area contributed by atoms with Crippen LogP contribution in [0.3, 0.4) is 0 Å². The Labute approximate surface area is 50.8 Å². The average molecular weight is 114 g/mol. The molecular weight excluding hydrogens is 100 g/mol. The minimum absolute atomic E-state index is 0.793. The van der Waals surface area contributed by atoms with Gasteiger partial charge in [-0.1, -0.05) is 6.92 Å². The summed E-state index contributed by atoms with van der Waals surface area (Å²) in [6.45, 7) is 6.77. The zero-order valence-corrected chi connectivity index (χ0v) is 5.65. The quantitative estimate of drug-likeness (QED) is 0.540. The Kier molecular flexibility index (Phi) is 1.86.